The smallest absolute Gasteiger partial charge is 0.0979 e. The molecule has 4 nitrogen and oxygen atoms in total. The van der Waals surface area contributed by atoms with E-state index >= 15 is 0 Å². The third-order valence-corrected chi connectivity index (χ3v) is 15.9. The molecule has 0 saturated heterocycles. The molecule has 338 valence electrons. The fourth-order valence-electron chi connectivity index (χ4n) is 11.1. The Labute approximate surface area is 424 Å². The van der Waals surface area contributed by atoms with Crippen LogP contribution in [0.2, 0.25) is 0 Å². The van der Waals surface area contributed by atoms with E-state index < -0.39 is 0 Å². The Morgan fingerprint density at radius 2 is 0.507 bits per heavy atom. The van der Waals surface area contributed by atoms with Gasteiger partial charge >= 0.3 is 0 Å². The lowest BCUT2D eigenvalue weighted by molar-refractivity contribution is 1.31. The van der Waals surface area contributed by atoms with Gasteiger partial charge in [0.2, 0.25) is 0 Å². The maximum absolute atomic E-state index is 5.29. The average Bonchev–Trinajstić information content (AvgIpc) is 3.84. The van der Waals surface area contributed by atoms with Crippen molar-refractivity contribution in [3.8, 4) is 67.0 Å². The van der Waals surface area contributed by atoms with Gasteiger partial charge in [0.15, 0.2) is 0 Å². The van der Waals surface area contributed by atoms with Gasteiger partial charge in [-0.25, -0.2) is 9.97 Å². The zero-order valence-corrected chi connectivity index (χ0v) is 40.1. The van der Waals surface area contributed by atoms with Crippen LogP contribution in [0, 0.1) is 0 Å². The van der Waals surface area contributed by atoms with Gasteiger partial charge in [0.1, 0.15) is 0 Å². The van der Waals surface area contributed by atoms with Gasteiger partial charge in [-0.05, 0) is 115 Å². The van der Waals surface area contributed by atoms with E-state index in [1.54, 1.807) is 0 Å². The Hall–Kier alpha value is -9.42. The average molecular weight is 945 g/mol. The molecule has 0 spiro atoms. The number of rotatable bonds is 6. The van der Waals surface area contributed by atoms with E-state index in [1.807, 2.05) is 23.7 Å². The molecule has 0 N–H and O–H groups in total. The number of thiophene rings is 1. The summed E-state index contributed by atoms with van der Waals surface area (Å²) in [7, 11) is 0. The van der Waals surface area contributed by atoms with Crippen LogP contribution in [-0.4, -0.2) is 19.9 Å². The highest BCUT2D eigenvalue weighted by Gasteiger charge is 2.16. The Balaban J connectivity index is 0.744. The second-order valence-electron chi connectivity index (χ2n) is 18.9. The van der Waals surface area contributed by atoms with Crippen molar-refractivity contribution < 1.29 is 0 Å². The molecule has 0 amide bonds. The Kier molecular flexibility index (Phi) is 9.41. The minimum Gasteiger partial charge on any atom is -0.252 e. The maximum atomic E-state index is 5.29. The van der Waals surface area contributed by atoms with Crippen LogP contribution in [0.4, 0.5) is 0 Å². The summed E-state index contributed by atoms with van der Waals surface area (Å²) in [5, 5.41) is 11.8. The first-order chi connectivity index (χ1) is 36.1. The number of hydrogen-bond donors (Lipinski definition) is 0. The van der Waals surface area contributed by atoms with Crippen molar-refractivity contribution in [1.82, 2.24) is 19.9 Å². The van der Waals surface area contributed by atoms with Crippen molar-refractivity contribution in [2.45, 2.75) is 0 Å². The van der Waals surface area contributed by atoms with Crippen LogP contribution < -0.4 is 0 Å². The lowest BCUT2D eigenvalue weighted by Gasteiger charge is -2.11. The second-order valence-corrected chi connectivity index (χ2v) is 20.0. The molecule has 0 aliphatic carbocycles. The molecule has 15 aromatic rings. The predicted molar refractivity (Wildman–Crippen MR) is 308 cm³/mol. The fraction of sp³-hybridized carbons (Fsp3) is 0. The summed E-state index contributed by atoms with van der Waals surface area (Å²) in [5.41, 5.74) is 16.8. The number of hydrogen-bond acceptors (Lipinski definition) is 5. The number of aromatic nitrogens is 4. The van der Waals surface area contributed by atoms with Crippen LogP contribution in [-0.2, 0) is 0 Å². The molecule has 0 fully saturated rings. The monoisotopic (exact) mass is 944 g/mol. The van der Waals surface area contributed by atoms with Crippen molar-refractivity contribution in [3.05, 3.63) is 243 Å². The number of nitrogens with zero attached hydrogens (tertiary/aromatic N) is 4. The Morgan fingerprint density at radius 3 is 0.863 bits per heavy atom. The van der Waals surface area contributed by atoms with E-state index in [-0.39, 0.29) is 0 Å². The van der Waals surface area contributed by atoms with Crippen LogP contribution in [0.25, 0.3) is 152 Å². The van der Waals surface area contributed by atoms with Crippen LogP contribution in [0.15, 0.2) is 243 Å². The van der Waals surface area contributed by atoms with Gasteiger partial charge in [0.25, 0.3) is 0 Å². The maximum Gasteiger partial charge on any atom is 0.0979 e. The Bertz CT molecular complexity index is 4390. The van der Waals surface area contributed by atoms with E-state index in [4.69, 9.17) is 19.9 Å². The first-order valence-corrected chi connectivity index (χ1v) is 25.5. The predicted octanol–water partition coefficient (Wildman–Crippen LogP) is 18.6. The highest BCUT2D eigenvalue weighted by atomic mass is 32.1. The van der Waals surface area contributed by atoms with Gasteiger partial charge in [-0.2, -0.15) is 0 Å². The third kappa shape index (κ3) is 6.89. The molecule has 73 heavy (non-hydrogen) atoms. The molecule has 0 unspecified atom stereocenters. The number of fused-ring (bicyclic) bond motifs is 15. The Morgan fingerprint density at radius 1 is 0.219 bits per heavy atom. The van der Waals surface area contributed by atoms with Gasteiger partial charge in [-0.1, -0.05) is 182 Å². The van der Waals surface area contributed by atoms with E-state index in [0.29, 0.717) is 0 Å². The quantitative estimate of drug-likeness (QED) is 0.156. The van der Waals surface area contributed by atoms with Gasteiger partial charge in [0.05, 0.1) is 45.8 Å². The molecule has 0 radical (unpaired) electrons. The summed E-state index contributed by atoms with van der Waals surface area (Å²) < 4.78 is 2.56. The van der Waals surface area contributed by atoms with Crippen molar-refractivity contribution >= 4 is 96.7 Å². The highest BCUT2D eigenvalue weighted by molar-refractivity contribution is 7.25. The molecule has 0 aliphatic heterocycles. The zero-order valence-electron chi connectivity index (χ0n) is 39.3. The summed E-state index contributed by atoms with van der Waals surface area (Å²) in [6.07, 6.45) is 3.84. The summed E-state index contributed by atoms with van der Waals surface area (Å²) in [4.78, 5) is 20.6. The van der Waals surface area contributed by atoms with Crippen molar-refractivity contribution in [1.29, 1.82) is 0 Å². The van der Waals surface area contributed by atoms with E-state index in [1.165, 1.54) is 64.0 Å². The largest absolute Gasteiger partial charge is 0.252 e. The summed E-state index contributed by atoms with van der Waals surface area (Å²) in [5.74, 6) is 0. The molecule has 5 heteroatoms. The third-order valence-electron chi connectivity index (χ3n) is 14.7. The molecule has 12 aromatic carbocycles. The summed E-state index contributed by atoms with van der Waals surface area (Å²) in [6.45, 7) is 0. The van der Waals surface area contributed by atoms with Crippen LogP contribution in [0.5, 0.6) is 0 Å². The lowest BCUT2D eigenvalue weighted by atomic mass is 9.95. The highest BCUT2D eigenvalue weighted by Crippen LogP contribution is 2.41. The minimum absolute atomic E-state index is 0.858. The first kappa shape index (κ1) is 41.4. The minimum atomic E-state index is 0.858. The number of benzene rings is 12. The SMILES string of the molecule is c1cc(-c2cccc(-c3cnc4c5ccccc5c5ccccc5c4n3)c2)cc(-c2ccc3sc4ccc(-c5cccc(-c6cccc(-c7cnc8c9ccccc9c9ccccc9c8n7)c6)c5)cc4c3c2)c1. The first-order valence-electron chi connectivity index (χ1n) is 24.7. The van der Waals surface area contributed by atoms with Gasteiger partial charge in [-0.15, -0.1) is 11.3 Å². The van der Waals surface area contributed by atoms with Gasteiger partial charge in [-0.3, -0.25) is 9.97 Å². The van der Waals surface area contributed by atoms with Crippen LogP contribution >= 0.6 is 11.3 Å². The van der Waals surface area contributed by atoms with E-state index in [9.17, 15) is 0 Å². The molecule has 3 heterocycles. The fourth-order valence-corrected chi connectivity index (χ4v) is 12.2. The zero-order chi connectivity index (χ0) is 48.0. The summed E-state index contributed by atoms with van der Waals surface area (Å²) in [6, 6.07) is 83.0. The standard InChI is InChI=1S/C68H40N4S/c1-5-25-55-51(21-1)53-23-3-7-27-57(53)67-65(55)69-39-61(71-67)49-19-11-17-45(35-49)41-13-9-15-43(33-41)47-29-31-63-59(37-47)60-38-48(30-32-64(60)73-63)44-16-10-14-42(34-44)46-18-12-20-50(36-46)62-40-70-66-56-26-6-2-22-52(56)54-24-4-8-28-58(54)68(66)72-62/h1-40H. The van der Waals surface area contributed by atoms with E-state index in [0.717, 1.165) is 88.4 Å². The second kappa shape index (κ2) is 16.6. The molecular formula is C68H40N4S. The summed E-state index contributed by atoms with van der Waals surface area (Å²) >= 11 is 1.85. The van der Waals surface area contributed by atoms with Gasteiger partial charge in [0, 0.05) is 52.8 Å². The van der Waals surface area contributed by atoms with Crippen molar-refractivity contribution in [3.63, 3.8) is 0 Å². The van der Waals surface area contributed by atoms with Gasteiger partial charge < -0.3 is 0 Å². The van der Waals surface area contributed by atoms with Crippen LogP contribution in [0.3, 0.4) is 0 Å². The van der Waals surface area contributed by atoms with Crippen molar-refractivity contribution in [2.75, 3.05) is 0 Å². The van der Waals surface area contributed by atoms with Crippen molar-refractivity contribution in [2.24, 2.45) is 0 Å². The van der Waals surface area contributed by atoms with Crippen LogP contribution in [0.1, 0.15) is 0 Å². The molecule has 15 rings (SSSR count). The molecule has 3 aromatic heterocycles. The topological polar surface area (TPSA) is 51.6 Å². The molecule has 0 saturated carbocycles. The molecule has 0 aliphatic rings. The van der Waals surface area contributed by atoms with E-state index in [2.05, 4.69) is 231 Å². The molecule has 0 bridgehead atoms. The lowest BCUT2D eigenvalue weighted by Crippen LogP contribution is -1.92. The molecular weight excluding hydrogens is 905 g/mol. The molecule has 0 atom stereocenters. The normalized spacial score (nSPS) is 11.8.